The number of hydrogen-bond donors (Lipinski definition) is 0. The van der Waals surface area contributed by atoms with Gasteiger partial charge in [0, 0.05) is 92.8 Å². The molecule has 0 saturated carbocycles. The van der Waals surface area contributed by atoms with Crippen LogP contribution in [0.3, 0.4) is 0 Å². The lowest BCUT2D eigenvalue weighted by Gasteiger charge is -2.41. The summed E-state index contributed by atoms with van der Waals surface area (Å²) in [6.45, 7) is 4.90. The number of nitrogens with zero attached hydrogens (tertiary/aromatic N) is 12. The lowest BCUT2D eigenvalue weighted by atomic mass is 9.99. The zero-order chi connectivity index (χ0) is 93.4. The summed E-state index contributed by atoms with van der Waals surface area (Å²) in [6.07, 6.45) is 0. The van der Waals surface area contributed by atoms with Crippen molar-refractivity contribution in [3.8, 4) is 142 Å². The number of hydrogen-bond acceptors (Lipinski definition) is 13. The van der Waals surface area contributed by atoms with Crippen LogP contribution < -0.4 is 20.2 Å². The molecule has 0 radical (unpaired) electrons. The Hall–Kier alpha value is -18.0. The predicted molar refractivity (Wildman–Crippen MR) is 577 cm³/mol. The molecule has 0 N–H and O–H groups in total. The van der Waals surface area contributed by atoms with Crippen molar-refractivity contribution in [3.63, 3.8) is 0 Å². The molecule has 2 aliphatic heterocycles. The van der Waals surface area contributed by atoms with Crippen molar-refractivity contribution in [2.75, 3.05) is 9.80 Å². The van der Waals surface area contributed by atoms with E-state index < -0.39 is 8.07 Å². The Balaban J connectivity index is 0.000000114. The summed E-state index contributed by atoms with van der Waals surface area (Å²) in [6, 6.07) is 168. The first-order valence-electron chi connectivity index (χ1n) is 46.9. The number of anilines is 6. The minimum Gasteiger partial charge on any atom is -0.456 e. The topological polar surface area (TPSA) is 141 Å². The maximum Gasteiger partial charge on any atom is 0.166 e. The van der Waals surface area contributed by atoms with E-state index in [-0.39, 0.29) is 0 Å². The minimum absolute atomic E-state index is 0.603. The van der Waals surface area contributed by atoms with Gasteiger partial charge in [0.1, 0.15) is 19.2 Å². The quantitative estimate of drug-likeness (QED) is 0.0900. The summed E-state index contributed by atoms with van der Waals surface area (Å²) in [7, 11) is -1.96. The highest BCUT2D eigenvalue weighted by Gasteiger charge is 2.40. The summed E-state index contributed by atoms with van der Waals surface area (Å²) >= 11 is 1.80. The Morgan fingerprint density at radius 3 is 0.864 bits per heavy atom. The highest BCUT2D eigenvalue weighted by Crippen LogP contribution is 2.54. The second kappa shape index (κ2) is 37.0. The molecule has 15 heteroatoms. The molecule has 0 atom stereocenters. The van der Waals surface area contributed by atoms with Crippen molar-refractivity contribution in [2.45, 2.75) is 22.9 Å². The van der Waals surface area contributed by atoms with Gasteiger partial charge in [-0.05, 0) is 141 Å². The van der Waals surface area contributed by atoms with Crippen LogP contribution in [-0.4, -0.2) is 57.5 Å². The molecule has 0 spiro atoms. The SMILES string of the molecule is C[Si]1(C)c2ccccc2N(c2ccc(-c3ccccc3)cc2-c2nc(-c3ccccc3)nc(-c3ccccc3)n2)c2ccccc21.c1ccc(-c2ccc(-n3c4ccccc4c4c5c(ccc43)oc3ccccc35)c(-c3nc(-c4ccccc4)nc(-c4ccccc4)n3)c2)cc1.c1ccc(-c2ccc(N3c4ccccc4Sc4ccccc43)c(-c3nc(-c4ccccc4)nc(-c4ccccc4)n3)c2)cc1. The summed E-state index contributed by atoms with van der Waals surface area (Å²) in [4.78, 5) is 53.2. The van der Waals surface area contributed by atoms with Gasteiger partial charge in [-0.3, -0.25) is 0 Å². The monoisotopic (exact) mass is 1830 g/mol. The molecule has 2 aliphatic rings. The van der Waals surface area contributed by atoms with E-state index in [0.29, 0.717) is 52.4 Å². The predicted octanol–water partition coefficient (Wildman–Crippen LogP) is 31.2. The molecule has 7 heterocycles. The van der Waals surface area contributed by atoms with Crippen LogP contribution in [0.25, 0.3) is 185 Å². The van der Waals surface area contributed by atoms with Crippen molar-refractivity contribution in [2.24, 2.45) is 0 Å². The lowest BCUT2D eigenvalue weighted by Crippen LogP contribution is -2.58. The van der Waals surface area contributed by atoms with E-state index in [4.69, 9.17) is 49.3 Å². The van der Waals surface area contributed by atoms with E-state index >= 15 is 0 Å². The van der Waals surface area contributed by atoms with Crippen LogP contribution in [0.5, 0.6) is 0 Å². The van der Waals surface area contributed by atoms with E-state index in [9.17, 15) is 0 Å². The standard InChI is InChI=1S/C45H28N4O.C41H32N4Si.C39H26N4S/c1-4-14-29(15-5-1)32-24-25-37(35(28-32)45-47-43(30-16-6-2-7-17-30)46-44(48-45)31-18-8-3-9-19-31)49-36-22-12-10-20-33(36)41-38(49)26-27-40-42(41)34-21-11-13-23-39(34)50-40;1-46(2)37-24-14-12-22-35(37)45(36-23-13-15-25-38(36)46)34-27-26-32(29-16-6-3-7-17-29)28-33(34)41-43-39(30-18-8-4-9-19-30)42-40(44-41)31-20-10-5-11-21-31;1-4-14-27(15-5-1)30-24-25-32(43-33-20-10-12-22-35(33)44-36-23-13-11-21-34(36)43)31(26-30)39-41-37(28-16-6-2-7-17-28)40-38(42-39)29-18-8-3-9-19-29/h1-28H;3-28H,1-2H3;1-26H. The molecule has 24 aromatic rings. The molecule has 0 aliphatic carbocycles. The molecule has 0 saturated heterocycles. The highest BCUT2D eigenvalue weighted by atomic mass is 32.2. The number of para-hydroxylation sites is 6. The molecule has 0 unspecified atom stereocenters. The van der Waals surface area contributed by atoms with Crippen molar-refractivity contribution < 1.29 is 4.42 Å². The maximum absolute atomic E-state index is 6.36. The third-order valence-electron chi connectivity index (χ3n) is 26.1. The molecule has 13 nitrogen and oxygen atoms in total. The van der Waals surface area contributed by atoms with Crippen LogP contribution in [0.1, 0.15) is 0 Å². The van der Waals surface area contributed by atoms with Crippen LogP contribution in [0.2, 0.25) is 13.1 Å². The normalized spacial score (nSPS) is 12.2. The summed E-state index contributed by atoms with van der Waals surface area (Å²) in [5.41, 5.74) is 26.8. The zero-order valence-corrected chi connectivity index (χ0v) is 78.2. The van der Waals surface area contributed by atoms with E-state index in [0.717, 1.165) is 156 Å². The number of aromatic nitrogens is 10. The van der Waals surface area contributed by atoms with Gasteiger partial charge in [-0.2, -0.15) is 0 Å². The van der Waals surface area contributed by atoms with Gasteiger partial charge in [0.25, 0.3) is 0 Å². The number of fused-ring (bicyclic) bond motifs is 11. The zero-order valence-electron chi connectivity index (χ0n) is 76.4. The Morgan fingerprint density at radius 1 is 0.200 bits per heavy atom. The molecule has 19 aromatic carbocycles. The third-order valence-corrected chi connectivity index (χ3v) is 30.8. The van der Waals surface area contributed by atoms with E-state index in [2.05, 4.69) is 331 Å². The fraction of sp³-hybridized carbons (Fsp3) is 0.0160. The lowest BCUT2D eigenvalue weighted by molar-refractivity contribution is 0.669. The molecular weight excluding hydrogens is 1750 g/mol. The number of furan rings is 1. The molecule has 26 rings (SSSR count). The van der Waals surface area contributed by atoms with Gasteiger partial charge in [-0.15, -0.1) is 0 Å². The van der Waals surface area contributed by atoms with Gasteiger partial charge in [-0.1, -0.05) is 413 Å². The Morgan fingerprint density at radius 2 is 0.486 bits per heavy atom. The van der Waals surface area contributed by atoms with Crippen LogP contribution in [0.4, 0.5) is 34.1 Å². The molecule has 5 aromatic heterocycles. The number of rotatable bonds is 15. The summed E-state index contributed by atoms with van der Waals surface area (Å²) < 4.78 is 8.71. The first-order chi connectivity index (χ1) is 69.2. The second-order valence-electron chi connectivity index (χ2n) is 35.1. The van der Waals surface area contributed by atoms with E-state index in [1.807, 2.05) is 182 Å². The van der Waals surface area contributed by atoms with Gasteiger partial charge in [0.05, 0.1) is 39.5 Å². The minimum atomic E-state index is -1.96. The summed E-state index contributed by atoms with van der Waals surface area (Å²) in [5, 5.41) is 7.37. The van der Waals surface area contributed by atoms with Crippen LogP contribution in [0, 0.1) is 0 Å². The average Bonchev–Trinajstić information content (AvgIpc) is 1.53. The molecule has 662 valence electrons. The largest absolute Gasteiger partial charge is 0.456 e. The Bertz CT molecular complexity index is 8480. The van der Waals surface area contributed by atoms with Gasteiger partial charge in [-0.25, -0.2) is 44.9 Å². The van der Waals surface area contributed by atoms with Crippen molar-refractivity contribution in [3.05, 3.63) is 485 Å². The summed E-state index contributed by atoms with van der Waals surface area (Å²) in [5.74, 6) is 5.68. The molecule has 140 heavy (non-hydrogen) atoms. The molecule has 0 amide bonds. The maximum atomic E-state index is 6.36. The highest BCUT2D eigenvalue weighted by molar-refractivity contribution is 7.99. The van der Waals surface area contributed by atoms with Crippen LogP contribution >= 0.6 is 11.8 Å². The van der Waals surface area contributed by atoms with E-state index in [1.165, 1.54) is 31.5 Å². The van der Waals surface area contributed by atoms with E-state index in [1.54, 1.807) is 11.8 Å². The molecule has 0 bridgehead atoms. The third kappa shape index (κ3) is 16.2. The second-order valence-corrected chi connectivity index (χ2v) is 40.5. The smallest absolute Gasteiger partial charge is 0.166 e. The Labute approximate surface area is 815 Å². The van der Waals surface area contributed by atoms with Gasteiger partial charge >= 0.3 is 0 Å². The van der Waals surface area contributed by atoms with Gasteiger partial charge in [0.15, 0.2) is 52.4 Å². The molecule has 0 fully saturated rings. The Kier molecular flexibility index (Phi) is 22.4. The number of benzene rings is 19. The van der Waals surface area contributed by atoms with Crippen LogP contribution in [0.15, 0.2) is 500 Å². The fourth-order valence-corrected chi connectivity index (χ4v) is 23.4. The van der Waals surface area contributed by atoms with Crippen LogP contribution in [-0.2, 0) is 0 Å². The van der Waals surface area contributed by atoms with Crippen molar-refractivity contribution >= 4 is 108 Å². The van der Waals surface area contributed by atoms with Gasteiger partial charge in [0.2, 0.25) is 0 Å². The first kappa shape index (κ1) is 84.9. The molecular formula is C125H86N12OSSi. The fourth-order valence-electron chi connectivity index (χ4n) is 19.4. The first-order valence-corrected chi connectivity index (χ1v) is 50.7. The van der Waals surface area contributed by atoms with Crippen molar-refractivity contribution in [1.82, 2.24) is 49.4 Å². The van der Waals surface area contributed by atoms with Gasteiger partial charge < -0.3 is 18.8 Å². The average molecular weight is 1830 g/mol. The van der Waals surface area contributed by atoms with Crippen molar-refractivity contribution in [1.29, 1.82) is 0 Å².